The van der Waals surface area contributed by atoms with Crippen LogP contribution in [0.1, 0.15) is 36.0 Å². The Morgan fingerprint density at radius 2 is 1.94 bits per heavy atom. The number of rotatable bonds is 3. The van der Waals surface area contributed by atoms with Gasteiger partial charge in [-0.1, -0.05) is 13.8 Å². The van der Waals surface area contributed by atoms with Crippen molar-refractivity contribution in [3.05, 3.63) is 21.6 Å². The van der Waals surface area contributed by atoms with E-state index in [-0.39, 0.29) is 0 Å². The first-order valence-electron chi connectivity index (χ1n) is 5.80. The third-order valence-corrected chi connectivity index (χ3v) is 3.47. The summed E-state index contributed by atoms with van der Waals surface area (Å²) in [6, 6.07) is 0. The van der Waals surface area contributed by atoms with Gasteiger partial charge in [-0.3, -0.25) is 0 Å². The molecule has 0 bridgehead atoms. The third kappa shape index (κ3) is 2.34. The smallest absolute Gasteiger partial charge is 0.181 e. The largest absolute Gasteiger partial charge is 0.308 e. The second-order valence-electron chi connectivity index (χ2n) is 4.45. The molecule has 0 unspecified atom stereocenters. The van der Waals surface area contributed by atoms with Crippen LogP contribution in [0.3, 0.4) is 0 Å². The summed E-state index contributed by atoms with van der Waals surface area (Å²) in [5.74, 6) is 7.17. The molecule has 6 heteroatoms. The van der Waals surface area contributed by atoms with E-state index in [0.717, 1.165) is 22.0 Å². The number of aryl methyl sites for hydroxylation is 2. The Morgan fingerprint density at radius 1 is 1.22 bits per heavy atom. The van der Waals surface area contributed by atoms with Crippen LogP contribution < -0.4 is 11.3 Å². The summed E-state index contributed by atoms with van der Waals surface area (Å²) in [6.45, 7) is 8.13. The van der Waals surface area contributed by atoms with Crippen molar-refractivity contribution >= 4 is 17.2 Å². The van der Waals surface area contributed by atoms with Gasteiger partial charge in [0.2, 0.25) is 0 Å². The maximum atomic E-state index is 5.55. The van der Waals surface area contributed by atoms with Crippen molar-refractivity contribution in [3.63, 3.8) is 0 Å². The third-order valence-electron chi connectivity index (χ3n) is 2.70. The zero-order valence-electron chi connectivity index (χ0n) is 11.0. The fraction of sp³-hybridized carbons (Fsp3) is 0.417. The van der Waals surface area contributed by atoms with E-state index in [1.807, 2.05) is 19.2 Å². The number of nitrogens with zero attached hydrogens (tertiary/aromatic N) is 3. The molecule has 2 aromatic rings. The average molecular weight is 263 g/mol. The molecule has 18 heavy (non-hydrogen) atoms. The van der Waals surface area contributed by atoms with Gasteiger partial charge in [0, 0.05) is 16.6 Å². The molecular formula is C12H17N5S. The van der Waals surface area contributed by atoms with Crippen molar-refractivity contribution in [3.8, 4) is 11.5 Å². The molecule has 0 spiro atoms. The minimum absolute atomic E-state index is 0.322. The molecule has 2 heterocycles. The maximum absolute atomic E-state index is 5.55. The quantitative estimate of drug-likeness (QED) is 0.657. The number of aromatic nitrogens is 3. The fourth-order valence-electron chi connectivity index (χ4n) is 1.96. The molecule has 0 amide bonds. The Morgan fingerprint density at radius 3 is 2.44 bits per heavy atom. The predicted octanol–water partition coefficient (Wildman–Crippen LogP) is 2.63. The highest BCUT2D eigenvalue weighted by Gasteiger charge is 2.16. The molecule has 0 aromatic carbocycles. The molecular weight excluding hydrogens is 246 g/mol. The summed E-state index contributed by atoms with van der Waals surface area (Å²) in [5.41, 5.74) is 5.45. The van der Waals surface area contributed by atoms with Crippen LogP contribution in [-0.4, -0.2) is 15.0 Å². The zero-order valence-corrected chi connectivity index (χ0v) is 11.8. The topological polar surface area (TPSA) is 76.7 Å². The molecule has 0 atom stereocenters. The van der Waals surface area contributed by atoms with E-state index in [1.165, 1.54) is 0 Å². The van der Waals surface area contributed by atoms with E-state index in [9.17, 15) is 0 Å². The lowest BCUT2D eigenvalue weighted by Gasteiger charge is -2.14. The van der Waals surface area contributed by atoms with Crippen molar-refractivity contribution in [1.29, 1.82) is 0 Å². The minimum atomic E-state index is 0.322. The fourth-order valence-corrected chi connectivity index (χ4v) is 2.55. The molecule has 0 aliphatic carbocycles. The molecule has 0 radical (unpaired) electrons. The number of nitrogens with two attached hydrogens (primary N) is 1. The van der Waals surface area contributed by atoms with Crippen LogP contribution in [0.5, 0.6) is 0 Å². The molecule has 0 saturated carbocycles. The van der Waals surface area contributed by atoms with Gasteiger partial charge in [-0.05, 0) is 19.8 Å². The van der Waals surface area contributed by atoms with Gasteiger partial charge in [-0.25, -0.2) is 20.8 Å². The lowest BCUT2D eigenvalue weighted by Crippen LogP contribution is -2.14. The van der Waals surface area contributed by atoms with Crippen LogP contribution in [0.25, 0.3) is 11.5 Å². The van der Waals surface area contributed by atoms with Crippen LogP contribution in [0.4, 0.5) is 5.82 Å². The first kappa shape index (κ1) is 12.9. The van der Waals surface area contributed by atoms with E-state index >= 15 is 0 Å². The van der Waals surface area contributed by atoms with Crippen molar-refractivity contribution in [2.45, 2.75) is 33.6 Å². The van der Waals surface area contributed by atoms with Crippen LogP contribution >= 0.6 is 11.3 Å². The maximum Gasteiger partial charge on any atom is 0.181 e. The van der Waals surface area contributed by atoms with Crippen LogP contribution in [0, 0.1) is 13.8 Å². The number of nitrogens with one attached hydrogen (secondary N) is 1. The van der Waals surface area contributed by atoms with Gasteiger partial charge in [-0.2, -0.15) is 0 Å². The highest BCUT2D eigenvalue weighted by Crippen LogP contribution is 2.27. The van der Waals surface area contributed by atoms with Gasteiger partial charge in [-0.15, -0.1) is 11.3 Å². The number of hydrogen-bond acceptors (Lipinski definition) is 6. The van der Waals surface area contributed by atoms with Gasteiger partial charge in [0.1, 0.15) is 11.5 Å². The molecule has 96 valence electrons. The SMILES string of the molecule is Cc1nc(-c2nc(C)c(C(C)C)c(NN)n2)cs1. The van der Waals surface area contributed by atoms with E-state index in [1.54, 1.807) is 11.3 Å². The van der Waals surface area contributed by atoms with Crippen molar-refractivity contribution in [1.82, 2.24) is 15.0 Å². The van der Waals surface area contributed by atoms with Crippen molar-refractivity contribution < 1.29 is 0 Å². The lowest BCUT2D eigenvalue weighted by atomic mass is 10.0. The highest BCUT2D eigenvalue weighted by atomic mass is 32.1. The Bertz CT molecular complexity index is 562. The number of thiazole rings is 1. The Balaban J connectivity index is 2.55. The highest BCUT2D eigenvalue weighted by molar-refractivity contribution is 7.09. The van der Waals surface area contributed by atoms with E-state index < -0.39 is 0 Å². The summed E-state index contributed by atoms with van der Waals surface area (Å²) in [5, 5.41) is 2.96. The lowest BCUT2D eigenvalue weighted by molar-refractivity contribution is 0.831. The summed E-state index contributed by atoms with van der Waals surface area (Å²) in [7, 11) is 0. The van der Waals surface area contributed by atoms with E-state index in [2.05, 4.69) is 34.2 Å². The monoisotopic (exact) mass is 263 g/mol. The molecule has 0 aliphatic heterocycles. The predicted molar refractivity (Wildman–Crippen MR) is 74.5 cm³/mol. The number of hydrazine groups is 1. The molecule has 2 rings (SSSR count). The van der Waals surface area contributed by atoms with Gasteiger partial charge >= 0.3 is 0 Å². The van der Waals surface area contributed by atoms with Gasteiger partial charge in [0.25, 0.3) is 0 Å². The van der Waals surface area contributed by atoms with Crippen molar-refractivity contribution in [2.24, 2.45) is 5.84 Å². The molecule has 5 nitrogen and oxygen atoms in total. The average Bonchev–Trinajstić information content (AvgIpc) is 2.74. The summed E-state index contributed by atoms with van der Waals surface area (Å²) in [4.78, 5) is 13.4. The Labute approximate surface area is 110 Å². The van der Waals surface area contributed by atoms with Gasteiger partial charge < -0.3 is 5.43 Å². The Kier molecular flexibility index (Phi) is 3.58. The second-order valence-corrected chi connectivity index (χ2v) is 5.51. The molecule has 0 saturated heterocycles. The standard InChI is InChI=1S/C12H17N5S/c1-6(2)10-7(3)14-11(16-12(10)17-13)9-5-18-8(4)15-9/h5-6H,13H2,1-4H3,(H,14,16,17). The summed E-state index contributed by atoms with van der Waals surface area (Å²) >= 11 is 1.59. The molecule has 2 aromatic heterocycles. The molecule has 0 fully saturated rings. The van der Waals surface area contributed by atoms with Crippen LogP contribution in [-0.2, 0) is 0 Å². The number of anilines is 1. The van der Waals surface area contributed by atoms with E-state index in [0.29, 0.717) is 17.6 Å². The minimum Gasteiger partial charge on any atom is -0.308 e. The van der Waals surface area contributed by atoms with Crippen molar-refractivity contribution in [2.75, 3.05) is 5.43 Å². The van der Waals surface area contributed by atoms with Gasteiger partial charge in [0.05, 0.1) is 5.01 Å². The van der Waals surface area contributed by atoms with Crippen LogP contribution in [0.2, 0.25) is 0 Å². The number of hydrogen-bond donors (Lipinski definition) is 2. The van der Waals surface area contributed by atoms with Crippen LogP contribution in [0.15, 0.2) is 5.38 Å². The number of nitrogen functional groups attached to an aromatic ring is 1. The zero-order chi connectivity index (χ0) is 13.3. The molecule has 3 N–H and O–H groups in total. The summed E-state index contributed by atoms with van der Waals surface area (Å²) in [6.07, 6.45) is 0. The second kappa shape index (κ2) is 4.99. The normalized spacial score (nSPS) is 11.0. The van der Waals surface area contributed by atoms with Gasteiger partial charge in [0.15, 0.2) is 5.82 Å². The molecule has 0 aliphatic rings. The Hall–Kier alpha value is -1.53. The summed E-state index contributed by atoms with van der Waals surface area (Å²) < 4.78 is 0. The first-order valence-corrected chi connectivity index (χ1v) is 6.68. The first-order chi connectivity index (χ1) is 8.52. The van der Waals surface area contributed by atoms with E-state index in [4.69, 9.17) is 5.84 Å².